The predicted octanol–water partition coefficient (Wildman–Crippen LogP) is 2.87. The van der Waals surface area contributed by atoms with Crippen molar-refractivity contribution in [2.24, 2.45) is 0 Å². The average Bonchev–Trinajstić information content (AvgIpc) is 3.01. The van der Waals surface area contributed by atoms with Crippen LogP contribution >= 0.6 is 0 Å². The molecule has 0 saturated carbocycles. The molecule has 0 radical (unpaired) electrons. The first-order valence-corrected chi connectivity index (χ1v) is 9.02. The van der Waals surface area contributed by atoms with E-state index in [1.807, 2.05) is 19.1 Å². The van der Waals surface area contributed by atoms with E-state index in [0.29, 0.717) is 18.0 Å². The number of hydrogen-bond donors (Lipinski definition) is 0. The van der Waals surface area contributed by atoms with E-state index >= 15 is 0 Å². The molecule has 0 saturated heterocycles. The Bertz CT molecular complexity index is 876. The number of aryl methyl sites for hydroxylation is 2. The molecular weight excluding hydrogens is 314 g/mol. The van der Waals surface area contributed by atoms with E-state index in [1.54, 1.807) is 18.2 Å². The van der Waals surface area contributed by atoms with Gasteiger partial charge in [-0.15, -0.1) is 0 Å². The van der Waals surface area contributed by atoms with E-state index < -0.39 is 10.0 Å². The lowest BCUT2D eigenvalue weighted by Crippen LogP contribution is -2.35. The second-order valence-corrected chi connectivity index (χ2v) is 7.69. The lowest BCUT2D eigenvalue weighted by Gasteiger charge is -2.30. The van der Waals surface area contributed by atoms with Crippen LogP contribution in [0.15, 0.2) is 41.3 Å². The number of ether oxygens (including phenoxy) is 2. The molecule has 2 aliphatic rings. The van der Waals surface area contributed by atoms with Crippen molar-refractivity contribution in [2.45, 2.75) is 24.7 Å². The fraction of sp³-hybridized carbons (Fsp3) is 0.294. The van der Waals surface area contributed by atoms with Gasteiger partial charge in [-0.05, 0) is 43.5 Å². The first-order valence-electron chi connectivity index (χ1n) is 7.58. The van der Waals surface area contributed by atoms with Crippen molar-refractivity contribution in [3.05, 3.63) is 47.5 Å². The van der Waals surface area contributed by atoms with Crippen LogP contribution < -0.4 is 13.8 Å². The maximum Gasteiger partial charge on any atom is 0.264 e. The minimum Gasteiger partial charge on any atom is -0.454 e. The van der Waals surface area contributed by atoms with Gasteiger partial charge in [-0.1, -0.05) is 17.7 Å². The van der Waals surface area contributed by atoms with E-state index in [-0.39, 0.29) is 11.7 Å². The largest absolute Gasteiger partial charge is 0.454 e. The van der Waals surface area contributed by atoms with Crippen molar-refractivity contribution in [3.63, 3.8) is 0 Å². The van der Waals surface area contributed by atoms with Gasteiger partial charge in [0.15, 0.2) is 11.5 Å². The Morgan fingerprint density at radius 3 is 2.74 bits per heavy atom. The summed E-state index contributed by atoms with van der Waals surface area (Å²) in [6, 6.07) is 10.7. The van der Waals surface area contributed by atoms with E-state index in [9.17, 15) is 8.42 Å². The molecule has 4 rings (SSSR count). The topological polar surface area (TPSA) is 55.8 Å². The quantitative estimate of drug-likeness (QED) is 0.849. The Kier molecular flexibility index (Phi) is 3.23. The van der Waals surface area contributed by atoms with Gasteiger partial charge >= 0.3 is 0 Å². The highest BCUT2D eigenvalue weighted by atomic mass is 32.2. The minimum atomic E-state index is -3.61. The molecule has 0 N–H and O–H groups in total. The van der Waals surface area contributed by atoms with Crippen LogP contribution in [0.25, 0.3) is 0 Å². The van der Waals surface area contributed by atoms with E-state index in [2.05, 4.69) is 6.07 Å². The maximum absolute atomic E-state index is 13.1. The van der Waals surface area contributed by atoms with Crippen LogP contribution in [-0.4, -0.2) is 21.8 Å². The summed E-state index contributed by atoms with van der Waals surface area (Å²) in [6.45, 7) is 2.64. The second kappa shape index (κ2) is 5.16. The van der Waals surface area contributed by atoms with Gasteiger partial charge in [0.1, 0.15) is 0 Å². The molecule has 0 unspecified atom stereocenters. The van der Waals surface area contributed by atoms with Gasteiger partial charge in [0.2, 0.25) is 6.79 Å². The van der Waals surface area contributed by atoms with Gasteiger partial charge in [-0.2, -0.15) is 0 Å². The third kappa shape index (κ3) is 2.34. The van der Waals surface area contributed by atoms with Crippen molar-refractivity contribution in [2.75, 3.05) is 17.6 Å². The standard InChI is InChI=1S/C17H17NO4S/c1-12-4-6-15-13(9-12)3-2-8-18(15)23(19,20)14-5-7-16-17(10-14)22-11-21-16/h4-7,9-10H,2-3,8,11H2,1H3. The van der Waals surface area contributed by atoms with E-state index in [4.69, 9.17) is 9.47 Å². The van der Waals surface area contributed by atoms with Gasteiger partial charge in [-0.25, -0.2) is 8.42 Å². The zero-order valence-electron chi connectivity index (χ0n) is 12.8. The molecule has 2 heterocycles. The molecule has 6 heteroatoms. The highest BCUT2D eigenvalue weighted by Crippen LogP contribution is 2.37. The molecular formula is C17H17NO4S. The van der Waals surface area contributed by atoms with Crippen LogP contribution in [0.4, 0.5) is 5.69 Å². The van der Waals surface area contributed by atoms with Crippen LogP contribution in [0.2, 0.25) is 0 Å². The number of sulfonamides is 1. The van der Waals surface area contributed by atoms with Crippen molar-refractivity contribution in [1.29, 1.82) is 0 Å². The monoisotopic (exact) mass is 331 g/mol. The molecule has 5 nitrogen and oxygen atoms in total. The van der Waals surface area contributed by atoms with Crippen LogP contribution in [0.3, 0.4) is 0 Å². The summed E-state index contributed by atoms with van der Waals surface area (Å²) in [5.74, 6) is 1.06. The Morgan fingerprint density at radius 2 is 1.87 bits per heavy atom. The molecule has 0 atom stereocenters. The van der Waals surface area contributed by atoms with Gasteiger partial charge in [0, 0.05) is 12.6 Å². The van der Waals surface area contributed by atoms with Crippen molar-refractivity contribution < 1.29 is 17.9 Å². The summed E-state index contributed by atoms with van der Waals surface area (Å²) >= 11 is 0. The zero-order valence-corrected chi connectivity index (χ0v) is 13.6. The van der Waals surface area contributed by atoms with Crippen molar-refractivity contribution in [3.8, 4) is 11.5 Å². The van der Waals surface area contributed by atoms with Crippen molar-refractivity contribution in [1.82, 2.24) is 0 Å². The first kappa shape index (κ1) is 14.4. The fourth-order valence-corrected chi connectivity index (χ4v) is 4.66. The van der Waals surface area contributed by atoms with Gasteiger partial charge < -0.3 is 9.47 Å². The average molecular weight is 331 g/mol. The highest BCUT2D eigenvalue weighted by Gasteiger charge is 2.30. The molecule has 2 aromatic rings. The number of anilines is 1. The molecule has 0 aromatic heterocycles. The summed E-state index contributed by atoms with van der Waals surface area (Å²) < 4.78 is 38.2. The Labute approximate surface area is 135 Å². The Morgan fingerprint density at radius 1 is 1.04 bits per heavy atom. The molecule has 2 aliphatic heterocycles. The lowest BCUT2D eigenvalue weighted by atomic mass is 10.0. The Balaban J connectivity index is 1.78. The molecule has 0 aliphatic carbocycles. The Hall–Kier alpha value is -2.21. The molecule has 0 amide bonds. The second-order valence-electron chi connectivity index (χ2n) is 5.83. The number of nitrogens with zero attached hydrogens (tertiary/aromatic N) is 1. The molecule has 0 bridgehead atoms. The molecule has 120 valence electrons. The smallest absolute Gasteiger partial charge is 0.264 e. The zero-order chi connectivity index (χ0) is 16.0. The number of rotatable bonds is 2. The van der Waals surface area contributed by atoms with Gasteiger partial charge in [-0.3, -0.25) is 4.31 Å². The lowest BCUT2D eigenvalue weighted by molar-refractivity contribution is 0.174. The third-order valence-electron chi connectivity index (χ3n) is 4.24. The normalized spacial score (nSPS) is 16.3. The van der Waals surface area contributed by atoms with Crippen LogP contribution in [0, 0.1) is 6.92 Å². The highest BCUT2D eigenvalue weighted by molar-refractivity contribution is 7.92. The number of hydrogen-bond acceptors (Lipinski definition) is 4. The summed E-state index contributed by atoms with van der Waals surface area (Å²) in [4.78, 5) is 0.232. The third-order valence-corrected chi connectivity index (χ3v) is 6.05. The molecule has 0 fully saturated rings. The van der Waals surface area contributed by atoms with Crippen molar-refractivity contribution >= 4 is 15.7 Å². The summed E-state index contributed by atoms with van der Waals surface area (Å²) in [5, 5.41) is 0. The predicted molar refractivity (Wildman–Crippen MR) is 86.6 cm³/mol. The minimum absolute atomic E-state index is 0.130. The van der Waals surface area contributed by atoms with Gasteiger partial charge in [0.25, 0.3) is 10.0 Å². The van der Waals surface area contributed by atoms with E-state index in [1.165, 1.54) is 4.31 Å². The number of fused-ring (bicyclic) bond motifs is 2. The molecule has 23 heavy (non-hydrogen) atoms. The molecule has 0 spiro atoms. The summed E-state index contributed by atoms with van der Waals surface area (Å²) in [7, 11) is -3.61. The van der Waals surface area contributed by atoms with Gasteiger partial charge in [0.05, 0.1) is 10.6 Å². The maximum atomic E-state index is 13.1. The van der Waals surface area contributed by atoms with Crippen LogP contribution in [0.5, 0.6) is 11.5 Å². The molecule has 2 aromatic carbocycles. The summed E-state index contributed by atoms with van der Waals surface area (Å²) in [6.07, 6.45) is 1.73. The van der Waals surface area contributed by atoms with E-state index in [0.717, 1.165) is 29.7 Å². The van der Waals surface area contributed by atoms with Crippen LogP contribution in [0.1, 0.15) is 17.5 Å². The fourth-order valence-electron chi connectivity index (χ4n) is 3.11. The number of benzene rings is 2. The van der Waals surface area contributed by atoms with Crippen LogP contribution in [-0.2, 0) is 16.4 Å². The summed E-state index contributed by atoms with van der Waals surface area (Å²) in [5.41, 5.74) is 3.01. The first-order chi connectivity index (χ1) is 11.1. The SMILES string of the molecule is Cc1ccc2c(c1)CCCN2S(=O)(=O)c1ccc2c(c1)OCO2.